The quantitative estimate of drug-likeness (QED) is 0.883. The van der Waals surface area contributed by atoms with E-state index in [9.17, 15) is 23.1 Å². The Morgan fingerprint density at radius 2 is 1.92 bits per heavy atom. The van der Waals surface area contributed by atoms with Crippen LogP contribution < -0.4 is 0 Å². The SMILES string of the molecule is O=C(c1cccnc1)N1N=C(C(F)(F)F)C[C@]1(O)c1ccc(Cl)cc1. The van der Waals surface area contributed by atoms with Crippen LogP contribution in [0.1, 0.15) is 22.3 Å². The van der Waals surface area contributed by atoms with Gasteiger partial charge in [-0.3, -0.25) is 9.78 Å². The molecule has 1 amide bonds. The van der Waals surface area contributed by atoms with Gasteiger partial charge in [0.1, 0.15) is 5.71 Å². The van der Waals surface area contributed by atoms with Gasteiger partial charge in [0.2, 0.25) is 0 Å². The van der Waals surface area contributed by atoms with Gasteiger partial charge in [0.15, 0.2) is 5.72 Å². The Balaban J connectivity index is 2.07. The predicted octanol–water partition coefficient (Wildman–Crippen LogP) is 3.34. The molecule has 0 spiro atoms. The van der Waals surface area contributed by atoms with E-state index >= 15 is 0 Å². The lowest BCUT2D eigenvalue weighted by atomic mass is 9.96. The van der Waals surface area contributed by atoms with E-state index in [1.807, 2.05) is 0 Å². The zero-order valence-electron chi connectivity index (χ0n) is 12.5. The lowest BCUT2D eigenvalue weighted by Gasteiger charge is -2.31. The van der Waals surface area contributed by atoms with Crippen molar-refractivity contribution in [3.63, 3.8) is 0 Å². The van der Waals surface area contributed by atoms with Crippen molar-refractivity contribution in [1.29, 1.82) is 0 Å². The van der Waals surface area contributed by atoms with E-state index in [0.717, 1.165) is 0 Å². The Morgan fingerprint density at radius 3 is 2.48 bits per heavy atom. The second-order valence-corrected chi connectivity index (χ2v) is 5.84. The molecule has 1 atom stereocenters. The molecule has 0 radical (unpaired) electrons. The van der Waals surface area contributed by atoms with Crippen molar-refractivity contribution in [3.8, 4) is 0 Å². The van der Waals surface area contributed by atoms with Crippen LogP contribution >= 0.6 is 11.6 Å². The second kappa shape index (κ2) is 6.12. The van der Waals surface area contributed by atoms with Crippen molar-refractivity contribution in [2.24, 2.45) is 5.10 Å². The Labute approximate surface area is 145 Å². The van der Waals surface area contributed by atoms with Gasteiger partial charge in [-0.15, -0.1) is 0 Å². The monoisotopic (exact) mass is 369 g/mol. The van der Waals surface area contributed by atoms with Gasteiger partial charge in [-0.2, -0.15) is 23.3 Å². The average Bonchev–Trinajstić information content (AvgIpc) is 2.94. The van der Waals surface area contributed by atoms with E-state index in [0.29, 0.717) is 10.0 Å². The van der Waals surface area contributed by atoms with Crippen LogP contribution in [0.25, 0.3) is 0 Å². The number of hydrogen-bond donors (Lipinski definition) is 1. The highest BCUT2D eigenvalue weighted by Crippen LogP contribution is 2.40. The molecule has 0 bridgehead atoms. The summed E-state index contributed by atoms with van der Waals surface area (Å²) >= 11 is 5.78. The molecule has 0 fully saturated rings. The van der Waals surface area contributed by atoms with Gasteiger partial charge in [0.05, 0.1) is 12.0 Å². The van der Waals surface area contributed by atoms with Gasteiger partial charge >= 0.3 is 6.18 Å². The third kappa shape index (κ3) is 3.22. The molecule has 1 aromatic carbocycles. The molecule has 1 N–H and O–H groups in total. The molecule has 1 aliphatic rings. The molecule has 1 aromatic heterocycles. The number of halogens is 4. The number of aliphatic hydroxyl groups is 1. The first-order valence-electron chi connectivity index (χ1n) is 7.09. The number of hydrazone groups is 1. The van der Waals surface area contributed by atoms with Gasteiger partial charge in [-0.25, -0.2) is 0 Å². The summed E-state index contributed by atoms with van der Waals surface area (Å²) in [5, 5.41) is 15.0. The maximum absolute atomic E-state index is 13.1. The molecule has 2 heterocycles. The summed E-state index contributed by atoms with van der Waals surface area (Å²) in [6.07, 6.45) is -3.06. The summed E-state index contributed by atoms with van der Waals surface area (Å²) in [5.74, 6) is -0.898. The van der Waals surface area contributed by atoms with E-state index in [1.54, 1.807) is 0 Å². The maximum Gasteiger partial charge on any atom is 0.431 e. The Morgan fingerprint density at radius 1 is 1.24 bits per heavy atom. The fourth-order valence-electron chi connectivity index (χ4n) is 2.47. The summed E-state index contributed by atoms with van der Waals surface area (Å²) in [6.45, 7) is 0. The molecule has 0 saturated carbocycles. The minimum absolute atomic E-state index is 0.00191. The first kappa shape index (κ1) is 17.4. The zero-order chi connectivity index (χ0) is 18.2. The molecule has 9 heteroatoms. The first-order valence-corrected chi connectivity index (χ1v) is 7.47. The standard InChI is InChI=1S/C16H11ClF3N3O2/c17-12-5-3-11(4-6-12)15(25)8-13(16(18,19)20)22-23(15)14(24)10-2-1-7-21-9-10/h1-7,9,25H,8H2/t15-/m0/s1. The highest BCUT2D eigenvalue weighted by atomic mass is 35.5. The van der Waals surface area contributed by atoms with Gasteiger partial charge in [-0.1, -0.05) is 23.7 Å². The molecule has 3 rings (SSSR count). The molecule has 1 aliphatic heterocycles. The smallest absolute Gasteiger partial charge is 0.365 e. The van der Waals surface area contributed by atoms with Crippen molar-refractivity contribution in [2.45, 2.75) is 18.3 Å². The molecule has 25 heavy (non-hydrogen) atoms. The number of carbonyl (C=O) groups excluding carboxylic acids is 1. The molecule has 0 aliphatic carbocycles. The molecule has 5 nitrogen and oxygen atoms in total. The van der Waals surface area contributed by atoms with Crippen LogP contribution in [0.4, 0.5) is 13.2 Å². The second-order valence-electron chi connectivity index (χ2n) is 5.40. The molecule has 2 aromatic rings. The molecular formula is C16H11ClF3N3O2. The summed E-state index contributed by atoms with van der Waals surface area (Å²) in [5.41, 5.74) is -3.45. The fourth-order valence-corrected chi connectivity index (χ4v) is 2.60. The van der Waals surface area contributed by atoms with Crippen LogP contribution in [0.3, 0.4) is 0 Å². The number of hydrogen-bond acceptors (Lipinski definition) is 4. The van der Waals surface area contributed by atoms with E-state index < -0.39 is 29.9 Å². The third-order valence-electron chi connectivity index (χ3n) is 3.72. The highest BCUT2D eigenvalue weighted by Gasteiger charge is 2.53. The number of amides is 1. The van der Waals surface area contributed by atoms with Crippen molar-refractivity contribution >= 4 is 23.2 Å². The lowest BCUT2D eigenvalue weighted by molar-refractivity contribution is -0.0816. The minimum atomic E-state index is -4.77. The van der Waals surface area contributed by atoms with E-state index in [-0.39, 0.29) is 11.1 Å². The topological polar surface area (TPSA) is 65.8 Å². The molecule has 0 saturated heterocycles. The summed E-state index contributed by atoms with van der Waals surface area (Å²) in [7, 11) is 0. The molecule has 0 unspecified atom stereocenters. The van der Waals surface area contributed by atoms with Gasteiger partial charge in [-0.05, 0) is 24.3 Å². The minimum Gasteiger partial charge on any atom is -0.365 e. The molecular weight excluding hydrogens is 359 g/mol. The number of benzene rings is 1. The molecule has 130 valence electrons. The van der Waals surface area contributed by atoms with Crippen molar-refractivity contribution < 1.29 is 23.1 Å². The third-order valence-corrected chi connectivity index (χ3v) is 3.97. The normalized spacial score (nSPS) is 20.5. The van der Waals surface area contributed by atoms with Crippen LogP contribution in [-0.2, 0) is 5.72 Å². The van der Waals surface area contributed by atoms with Crippen LogP contribution in [-0.4, -0.2) is 32.9 Å². The number of nitrogens with zero attached hydrogens (tertiary/aromatic N) is 3. The van der Waals surface area contributed by atoms with Crippen LogP contribution in [0.5, 0.6) is 0 Å². The van der Waals surface area contributed by atoms with E-state index in [1.165, 1.54) is 48.8 Å². The number of alkyl halides is 3. The van der Waals surface area contributed by atoms with Crippen LogP contribution in [0.2, 0.25) is 5.02 Å². The predicted molar refractivity (Wildman–Crippen MR) is 83.9 cm³/mol. The van der Waals surface area contributed by atoms with Crippen LogP contribution in [0, 0.1) is 0 Å². The van der Waals surface area contributed by atoms with E-state index in [2.05, 4.69) is 10.1 Å². The maximum atomic E-state index is 13.1. The Hall–Kier alpha value is -2.45. The van der Waals surface area contributed by atoms with Crippen molar-refractivity contribution in [1.82, 2.24) is 9.99 Å². The summed E-state index contributed by atoms with van der Waals surface area (Å²) in [4.78, 5) is 16.4. The largest absolute Gasteiger partial charge is 0.431 e. The fraction of sp³-hybridized carbons (Fsp3) is 0.188. The van der Waals surface area contributed by atoms with Crippen molar-refractivity contribution in [3.05, 3.63) is 64.9 Å². The number of rotatable bonds is 2. The Bertz CT molecular complexity index is 825. The summed E-state index contributed by atoms with van der Waals surface area (Å²) < 4.78 is 39.3. The van der Waals surface area contributed by atoms with E-state index in [4.69, 9.17) is 11.6 Å². The Kier molecular flexibility index (Phi) is 4.26. The average molecular weight is 370 g/mol. The van der Waals surface area contributed by atoms with Gasteiger partial charge in [0, 0.05) is 23.0 Å². The van der Waals surface area contributed by atoms with Gasteiger partial charge in [0.25, 0.3) is 5.91 Å². The van der Waals surface area contributed by atoms with Crippen molar-refractivity contribution in [2.75, 3.05) is 0 Å². The van der Waals surface area contributed by atoms with Crippen LogP contribution in [0.15, 0.2) is 53.9 Å². The zero-order valence-corrected chi connectivity index (χ0v) is 13.3. The first-order chi connectivity index (χ1) is 11.7. The lowest BCUT2D eigenvalue weighted by Crippen LogP contribution is -2.43. The highest BCUT2D eigenvalue weighted by molar-refractivity contribution is 6.30. The number of carbonyl (C=O) groups is 1. The number of pyridine rings is 1. The van der Waals surface area contributed by atoms with Gasteiger partial charge < -0.3 is 5.11 Å². The number of aromatic nitrogens is 1. The summed E-state index contributed by atoms with van der Waals surface area (Å²) in [6, 6.07) is 8.35.